The number of pyridine rings is 1. The number of ether oxygens (including phenoxy) is 1. The van der Waals surface area contributed by atoms with Crippen LogP contribution >= 0.6 is 11.6 Å². The molecule has 45 heavy (non-hydrogen) atoms. The summed E-state index contributed by atoms with van der Waals surface area (Å²) in [4.78, 5) is 30.3. The lowest BCUT2D eigenvalue weighted by atomic mass is 9.95. The molecule has 4 aromatic rings. The Morgan fingerprint density at radius 3 is 2.76 bits per heavy atom. The van der Waals surface area contributed by atoms with Crippen LogP contribution in [0.4, 0.5) is 14.6 Å². The Balaban J connectivity index is 1.33. The van der Waals surface area contributed by atoms with Gasteiger partial charge >= 0.3 is 11.8 Å². The highest BCUT2D eigenvalue weighted by Crippen LogP contribution is 2.40. The molecule has 1 atom stereocenters. The zero-order valence-electron chi connectivity index (χ0n) is 25.1. The predicted octanol–water partition coefficient (Wildman–Crippen LogP) is 6.16. The highest BCUT2D eigenvalue weighted by Gasteiger charge is 2.45. The molecule has 3 aliphatic rings. The number of amides is 1. The monoisotopic (exact) mass is 631 g/mol. The van der Waals surface area contributed by atoms with Gasteiger partial charge < -0.3 is 9.64 Å². The van der Waals surface area contributed by atoms with E-state index in [1.165, 1.54) is 12.1 Å². The number of rotatable bonds is 7. The zero-order chi connectivity index (χ0) is 31.3. The number of benzene rings is 2. The third-order valence-corrected chi connectivity index (χ3v) is 9.96. The van der Waals surface area contributed by atoms with Gasteiger partial charge in [-0.2, -0.15) is 4.98 Å². The van der Waals surface area contributed by atoms with Gasteiger partial charge in [0.1, 0.15) is 29.0 Å². The van der Waals surface area contributed by atoms with Crippen LogP contribution in [0.1, 0.15) is 32.1 Å². The van der Waals surface area contributed by atoms with Gasteiger partial charge in [-0.15, -0.1) is 0 Å². The Morgan fingerprint density at radius 1 is 1.18 bits per heavy atom. The topological polar surface area (TPSA) is 74.5 Å². The van der Waals surface area contributed by atoms with Crippen LogP contribution in [0.3, 0.4) is 0 Å². The van der Waals surface area contributed by atoms with Gasteiger partial charge in [-0.3, -0.25) is 14.7 Å². The Morgan fingerprint density at radius 2 is 1.98 bits per heavy atom. The summed E-state index contributed by atoms with van der Waals surface area (Å²) in [5, 5.41) is 1.35. The van der Waals surface area contributed by atoms with E-state index in [1.54, 1.807) is 35.4 Å². The molecule has 232 valence electrons. The minimum Gasteiger partial charge on any atom is -0.443 e. The maximum atomic E-state index is 16.6. The molecule has 0 N–H and O–H groups in total. The summed E-state index contributed by atoms with van der Waals surface area (Å²) in [7, 11) is 1.84. The Kier molecular flexibility index (Phi) is 7.73. The van der Waals surface area contributed by atoms with Gasteiger partial charge in [0.25, 0.3) is 0 Å². The molecule has 3 fully saturated rings. The van der Waals surface area contributed by atoms with E-state index in [9.17, 15) is 9.18 Å². The molecule has 0 saturated carbocycles. The third kappa shape index (κ3) is 5.23. The number of nitrogens with zero attached hydrogens (tertiary/aromatic N) is 6. The first kappa shape index (κ1) is 29.7. The van der Waals surface area contributed by atoms with Gasteiger partial charge in [0.2, 0.25) is 5.91 Å². The molecule has 8 nitrogen and oxygen atoms in total. The van der Waals surface area contributed by atoms with Crippen LogP contribution in [0.15, 0.2) is 49.2 Å². The van der Waals surface area contributed by atoms with E-state index >= 15 is 4.39 Å². The van der Waals surface area contributed by atoms with Crippen molar-refractivity contribution in [3.63, 3.8) is 0 Å². The highest BCUT2D eigenvalue weighted by atomic mass is 35.5. The second-order valence-corrected chi connectivity index (χ2v) is 12.7. The quantitative estimate of drug-likeness (QED) is 0.138. The van der Waals surface area contributed by atoms with Crippen molar-refractivity contribution in [1.29, 1.82) is 0 Å². The molecule has 0 radical (unpaired) electrons. The van der Waals surface area contributed by atoms with Crippen molar-refractivity contribution in [2.45, 2.75) is 37.6 Å². The van der Waals surface area contributed by atoms with Gasteiger partial charge in [0, 0.05) is 41.1 Å². The second-order valence-electron chi connectivity index (χ2n) is 12.3. The number of aromatic nitrogens is 3. The first-order valence-electron chi connectivity index (χ1n) is 15.4. The highest BCUT2D eigenvalue weighted by molar-refractivity contribution is 6.36. The van der Waals surface area contributed by atoms with E-state index in [-0.39, 0.29) is 39.6 Å². The minimum atomic E-state index is -0.674. The van der Waals surface area contributed by atoms with Gasteiger partial charge in [-0.25, -0.2) is 13.4 Å². The molecule has 3 saturated heterocycles. The summed E-state index contributed by atoms with van der Waals surface area (Å²) in [5.74, 6) is -0.857. The van der Waals surface area contributed by atoms with Gasteiger partial charge in [0.15, 0.2) is 5.82 Å². The lowest BCUT2D eigenvalue weighted by molar-refractivity contribution is -0.405. The van der Waals surface area contributed by atoms with Crippen molar-refractivity contribution < 1.29 is 22.9 Å². The summed E-state index contributed by atoms with van der Waals surface area (Å²) >= 11 is 6.40. The number of carbonyl (C=O) groups is 1. The largest absolute Gasteiger partial charge is 0.443 e. The van der Waals surface area contributed by atoms with Crippen molar-refractivity contribution in [3.05, 3.63) is 65.8 Å². The lowest BCUT2D eigenvalue weighted by Crippen LogP contribution is -2.43. The lowest BCUT2D eigenvalue weighted by Gasteiger charge is -2.30. The summed E-state index contributed by atoms with van der Waals surface area (Å²) in [6.45, 7) is 7.30. The SMILES string of the molecule is C=CC(=O)N1CCC(/C=[N+](/C)c2nc(OCC34CCCN3CCC4)nc3c(F)c(-c4cccc5ccc(F)c(Cl)c45)ncc23)C1. The van der Waals surface area contributed by atoms with Crippen LogP contribution in [-0.2, 0) is 4.79 Å². The van der Waals surface area contributed by atoms with E-state index in [4.69, 9.17) is 21.3 Å². The summed E-state index contributed by atoms with van der Waals surface area (Å²) in [5.41, 5.74) is 0.372. The fourth-order valence-electron chi connectivity index (χ4n) is 7.33. The maximum Gasteiger partial charge on any atom is 0.434 e. The molecule has 1 unspecified atom stereocenters. The second kappa shape index (κ2) is 11.7. The Hall–Kier alpha value is -4.02. The van der Waals surface area contributed by atoms with Gasteiger partial charge in [-0.1, -0.05) is 42.4 Å². The number of hydrogen-bond acceptors (Lipinski definition) is 6. The van der Waals surface area contributed by atoms with Crippen LogP contribution in [-0.4, -0.2) is 86.8 Å². The Labute approximate surface area is 265 Å². The number of fused-ring (bicyclic) bond motifs is 3. The maximum absolute atomic E-state index is 16.6. The van der Waals surface area contributed by atoms with E-state index < -0.39 is 11.6 Å². The normalized spacial score (nSPS) is 19.9. The smallest absolute Gasteiger partial charge is 0.434 e. The van der Waals surface area contributed by atoms with E-state index in [1.807, 2.05) is 17.8 Å². The zero-order valence-corrected chi connectivity index (χ0v) is 25.9. The fraction of sp³-hybridized carbons (Fsp3) is 0.382. The standard InChI is InChI=1S/C34H34ClF2N6O2/c1-3-26(44)42-16-11-21(19-42)18-41(2)32-24-17-38-30(23-8-4-7-22-9-10-25(36)28(35)27(22)23)29(37)31(24)39-33(40-32)45-20-34-12-5-14-43(34)15-6-13-34/h3-4,7-10,17-18,21H,1,5-6,11-16,19-20H2,2H3/q+1/b41-18-. The molecule has 0 bridgehead atoms. The van der Waals surface area contributed by atoms with Crippen LogP contribution in [0, 0.1) is 17.6 Å². The van der Waals surface area contributed by atoms with Crippen LogP contribution in [0.2, 0.25) is 5.02 Å². The Bertz CT molecular complexity index is 1870. The van der Waals surface area contributed by atoms with Crippen LogP contribution < -0.4 is 4.74 Å². The third-order valence-electron chi connectivity index (χ3n) is 9.59. The van der Waals surface area contributed by atoms with Gasteiger partial charge in [0.05, 0.1) is 23.8 Å². The molecule has 1 amide bonds. The molecule has 2 aromatic heterocycles. The van der Waals surface area contributed by atoms with Crippen molar-refractivity contribution in [2.75, 3.05) is 39.8 Å². The van der Waals surface area contributed by atoms with Crippen LogP contribution in [0.5, 0.6) is 6.01 Å². The summed E-state index contributed by atoms with van der Waals surface area (Å²) in [6, 6.07) is 8.21. The fourth-order valence-corrected chi connectivity index (χ4v) is 7.61. The number of carbonyl (C=O) groups excluding carboxylic acids is 1. The van der Waals surface area contributed by atoms with Crippen LogP contribution in [0.25, 0.3) is 32.9 Å². The number of halogens is 3. The predicted molar refractivity (Wildman–Crippen MR) is 170 cm³/mol. The molecule has 0 aliphatic carbocycles. The van der Waals surface area contributed by atoms with Crippen molar-refractivity contribution in [1.82, 2.24) is 24.8 Å². The average molecular weight is 632 g/mol. The molecule has 3 aliphatic heterocycles. The summed E-state index contributed by atoms with van der Waals surface area (Å²) in [6.07, 6.45) is 9.98. The number of likely N-dealkylation sites (tertiary alicyclic amines) is 1. The van der Waals surface area contributed by atoms with E-state index in [0.29, 0.717) is 47.2 Å². The number of hydrogen-bond donors (Lipinski definition) is 0. The molecule has 11 heteroatoms. The van der Waals surface area contributed by atoms with Crippen molar-refractivity contribution in [3.8, 4) is 17.3 Å². The van der Waals surface area contributed by atoms with Gasteiger partial charge in [-0.05, 0) is 62.7 Å². The first-order chi connectivity index (χ1) is 21.8. The van der Waals surface area contributed by atoms with E-state index in [0.717, 1.165) is 45.2 Å². The first-order valence-corrected chi connectivity index (χ1v) is 15.8. The average Bonchev–Trinajstić information content (AvgIpc) is 3.78. The van der Waals surface area contributed by atoms with E-state index in [2.05, 4.69) is 21.4 Å². The molecule has 7 rings (SSSR count). The molecule has 2 aromatic carbocycles. The molecule has 5 heterocycles. The minimum absolute atomic E-state index is 0.00793. The summed E-state index contributed by atoms with van der Waals surface area (Å²) < 4.78 is 39.3. The van der Waals surface area contributed by atoms with Crippen molar-refractivity contribution in [2.24, 2.45) is 5.92 Å². The molecular weight excluding hydrogens is 598 g/mol. The van der Waals surface area contributed by atoms with Crippen molar-refractivity contribution >= 4 is 51.2 Å². The molecule has 0 spiro atoms. The molecular formula is C34H34ClF2N6O2+.